The predicted octanol–water partition coefficient (Wildman–Crippen LogP) is 1.64. The Labute approximate surface area is 168 Å². The first-order valence-electron chi connectivity index (χ1n) is 9.50. The van der Waals surface area contributed by atoms with Crippen molar-refractivity contribution in [3.8, 4) is 0 Å². The van der Waals surface area contributed by atoms with Gasteiger partial charge in [0, 0.05) is 19.7 Å². The molecule has 2 amide bonds. The molecule has 2 atom stereocenters. The van der Waals surface area contributed by atoms with Crippen LogP contribution < -0.4 is 10.6 Å². The lowest BCUT2D eigenvalue weighted by atomic mass is 10.0. The van der Waals surface area contributed by atoms with Gasteiger partial charge in [0.1, 0.15) is 11.6 Å². The zero-order valence-electron chi connectivity index (χ0n) is 16.6. The Morgan fingerprint density at radius 3 is 2.66 bits per heavy atom. The highest BCUT2D eigenvalue weighted by Crippen LogP contribution is 2.31. The molecule has 2 N–H and O–H groups in total. The van der Waals surface area contributed by atoms with Gasteiger partial charge in [-0.2, -0.15) is 5.10 Å². The third-order valence-electron chi connectivity index (χ3n) is 5.32. The van der Waals surface area contributed by atoms with E-state index >= 15 is 0 Å². The van der Waals surface area contributed by atoms with Crippen molar-refractivity contribution in [1.82, 2.24) is 24.5 Å². The molecule has 0 saturated carbocycles. The average Bonchev–Trinajstić information content (AvgIpc) is 3.29. The van der Waals surface area contributed by atoms with Crippen molar-refractivity contribution in [3.63, 3.8) is 0 Å². The van der Waals surface area contributed by atoms with Crippen molar-refractivity contribution in [2.45, 2.75) is 38.8 Å². The van der Waals surface area contributed by atoms with E-state index in [1.807, 2.05) is 54.9 Å². The normalized spacial score (nSPS) is 17.7. The second-order valence-electron chi connectivity index (χ2n) is 7.29. The van der Waals surface area contributed by atoms with E-state index < -0.39 is 11.8 Å². The molecular formula is C20H23N7O2. The van der Waals surface area contributed by atoms with Crippen molar-refractivity contribution in [2.75, 3.05) is 11.9 Å². The molecule has 150 valence electrons. The van der Waals surface area contributed by atoms with Crippen molar-refractivity contribution in [2.24, 2.45) is 5.73 Å². The van der Waals surface area contributed by atoms with Crippen LogP contribution in [0.4, 0.5) is 5.82 Å². The molecule has 0 unspecified atom stereocenters. The number of hydrogen-bond acceptors (Lipinski definition) is 5. The van der Waals surface area contributed by atoms with Crippen LogP contribution in [0.3, 0.4) is 0 Å². The van der Waals surface area contributed by atoms with E-state index in [1.54, 1.807) is 16.6 Å². The van der Waals surface area contributed by atoms with Gasteiger partial charge in [0.25, 0.3) is 5.91 Å². The zero-order valence-corrected chi connectivity index (χ0v) is 16.6. The number of benzene rings is 1. The predicted molar refractivity (Wildman–Crippen MR) is 107 cm³/mol. The fraction of sp³-hybridized carbons (Fsp3) is 0.350. The van der Waals surface area contributed by atoms with Crippen LogP contribution in [0, 0.1) is 6.92 Å². The van der Waals surface area contributed by atoms with Crippen LogP contribution in [0.1, 0.15) is 53.0 Å². The topological polar surface area (TPSA) is 112 Å². The third kappa shape index (κ3) is 3.28. The summed E-state index contributed by atoms with van der Waals surface area (Å²) in [4.78, 5) is 31.0. The number of nitrogens with zero attached hydrogens (tertiary/aromatic N) is 6. The number of aromatic nitrogens is 5. The number of carbonyl (C=O) groups excluding carboxylic acids is 2. The van der Waals surface area contributed by atoms with E-state index in [0.717, 1.165) is 17.1 Å². The summed E-state index contributed by atoms with van der Waals surface area (Å²) < 4.78 is 3.47. The average molecular weight is 393 g/mol. The van der Waals surface area contributed by atoms with Gasteiger partial charge in [-0.05, 0) is 25.8 Å². The Balaban J connectivity index is 1.77. The summed E-state index contributed by atoms with van der Waals surface area (Å²) in [5.41, 5.74) is 7.29. The first-order chi connectivity index (χ1) is 13.9. The molecule has 0 spiro atoms. The SMILES string of the molecule is Cc1cc2n(n1)CC[C@@H](c1nc(C(N)=O)nn1[C@H](C)c1ccccc1)C(=O)N2C. The molecule has 9 nitrogen and oxygen atoms in total. The van der Waals surface area contributed by atoms with Gasteiger partial charge in [-0.15, -0.1) is 5.10 Å². The summed E-state index contributed by atoms with van der Waals surface area (Å²) in [7, 11) is 1.73. The molecule has 0 fully saturated rings. The summed E-state index contributed by atoms with van der Waals surface area (Å²) in [5, 5.41) is 8.81. The number of carbonyl (C=O) groups is 2. The molecule has 0 bridgehead atoms. The van der Waals surface area contributed by atoms with Crippen molar-refractivity contribution >= 4 is 17.6 Å². The maximum atomic E-state index is 13.3. The number of hydrogen-bond donors (Lipinski definition) is 1. The fourth-order valence-electron chi connectivity index (χ4n) is 3.76. The Hall–Kier alpha value is -3.49. The lowest BCUT2D eigenvalue weighted by Gasteiger charge is -2.21. The lowest BCUT2D eigenvalue weighted by molar-refractivity contribution is -0.120. The number of anilines is 1. The van der Waals surface area contributed by atoms with Crippen molar-refractivity contribution in [1.29, 1.82) is 0 Å². The third-order valence-corrected chi connectivity index (χ3v) is 5.32. The summed E-state index contributed by atoms with van der Waals surface area (Å²) in [6.07, 6.45) is 0.496. The Bertz CT molecular complexity index is 1070. The molecule has 1 aliphatic rings. The Morgan fingerprint density at radius 1 is 1.24 bits per heavy atom. The van der Waals surface area contributed by atoms with Crippen LogP contribution in [-0.4, -0.2) is 43.4 Å². The molecule has 0 radical (unpaired) electrons. The second-order valence-corrected chi connectivity index (χ2v) is 7.29. The fourth-order valence-corrected chi connectivity index (χ4v) is 3.76. The molecule has 0 saturated heterocycles. The number of nitrogens with two attached hydrogens (primary N) is 1. The molecule has 1 aliphatic heterocycles. The highest BCUT2D eigenvalue weighted by atomic mass is 16.2. The van der Waals surface area contributed by atoms with Gasteiger partial charge in [-0.25, -0.2) is 14.3 Å². The second kappa shape index (κ2) is 7.16. The molecule has 2 aromatic heterocycles. The van der Waals surface area contributed by atoms with Gasteiger partial charge in [0.15, 0.2) is 0 Å². The highest BCUT2D eigenvalue weighted by molar-refractivity contribution is 5.97. The standard InChI is InChI=1S/C20H23N7O2/c1-12-11-16-25(3)20(29)15(9-10-26(16)23-12)19-22-18(17(21)28)24-27(19)13(2)14-7-5-4-6-8-14/h4-8,11,13,15H,9-10H2,1-3H3,(H2,21,28)/t13-,15+/m1/s1. The molecule has 1 aromatic carbocycles. The van der Waals surface area contributed by atoms with E-state index in [1.165, 1.54) is 0 Å². The number of fused-ring (bicyclic) bond motifs is 1. The highest BCUT2D eigenvalue weighted by Gasteiger charge is 2.35. The molecule has 3 aromatic rings. The van der Waals surface area contributed by atoms with Gasteiger partial charge in [-0.3, -0.25) is 14.5 Å². The first kappa shape index (κ1) is 18.9. The number of amides is 2. The van der Waals surface area contributed by atoms with Gasteiger partial charge in [-0.1, -0.05) is 30.3 Å². The summed E-state index contributed by atoms with van der Waals surface area (Å²) >= 11 is 0. The molecule has 3 heterocycles. The largest absolute Gasteiger partial charge is 0.363 e. The van der Waals surface area contributed by atoms with Crippen LogP contribution >= 0.6 is 0 Å². The van der Waals surface area contributed by atoms with Crippen LogP contribution in [0.25, 0.3) is 0 Å². The van der Waals surface area contributed by atoms with E-state index in [2.05, 4.69) is 15.2 Å². The smallest absolute Gasteiger partial charge is 0.288 e. The van der Waals surface area contributed by atoms with E-state index in [0.29, 0.717) is 18.8 Å². The van der Waals surface area contributed by atoms with Gasteiger partial charge in [0.2, 0.25) is 11.7 Å². The van der Waals surface area contributed by atoms with Crippen LogP contribution in [0.2, 0.25) is 0 Å². The monoisotopic (exact) mass is 393 g/mol. The van der Waals surface area contributed by atoms with Crippen molar-refractivity contribution < 1.29 is 9.59 Å². The Kier molecular flexibility index (Phi) is 4.65. The minimum Gasteiger partial charge on any atom is -0.363 e. The number of likely N-dealkylation sites (N-methyl/N-ethyl adjacent to an activating group) is 1. The summed E-state index contributed by atoms with van der Waals surface area (Å²) in [5.74, 6) is -0.302. The van der Waals surface area contributed by atoms with Crippen molar-refractivity contribution in [3.05, 3.63) is 59.3 Å². The Morgan fingerprint density at radius 2 is 1.97 bits per heavy atom. The minimum atomic E-state index is -0.719. The maximum absolute atomic E-state index is 13.3. The van der Waals surface area contributed by atoms with Crippen LogP contribution in [0.15, 0.2) is 36.4 Å². The quantitative estimate of drug-likeness (QED) is 0.724. The van der Waals surface area contributed by atoms with E-state index in [-0.39, 0.29) is 17.8 Å². The van der Waals surface area contributed by atoms with Gasteiger partial charge < -0.3 is 5.73 Å². The zero-order chi connectivity index (χ0) is 20.7. The number of rotatable bonds is 4. The van der Waals surface area contributed by atoms with Gasteiger partial charge in [0.05, 0.1) is 17.7 Å². The molecule has 29 heavy (non-hydrogen) atoms. The minimum absolute atomic E-state index is 0.0870. The summed E-state index contributed by atoms with van der Waals surface area (Å²) in [6, 6.07) is 11.4. The maximum Gasteiger partial charge on any atom is 0.288 e. The molecular weight excluding hydrogens is 370 g/mol. The van der Waals surface area contributed by atoms with E-state index in [4.69, 9.17) is 5.73 Å². The number of primary amides is 1. The summed E-state index contributed by atoms with van der Waals surface area (Å²) in [6.45, 7) is 4.41. The van der Waals surface area contributed by atoms with Crippen LogP contribution in [0.5, 0.6) is 0 Å². The van der Waals surface area contributed by atoms with E-state index in [9.17, 15) is 9.59 Å². The lowest BCUT2D eigenvalue weighted by Crippen LogP contribution is -2.32. The number of aryl methyl sites for hydroxylation is 2. The molecule has 0 aliphatic carbocycles. The first-order valence-corrected chi connectivity index (χ1v) is 9.50. The van der Waals surface area contributed by atoms with Crippen LogP contribution in [-0.2, 0) is 11.3 Å². The molecule has 4 rings (SSSR count). The molecule has 9 heteroatoms. The van der Waals surface area contributed by atoms with Gasteiger partial charge >= 0.3 is 0 Å².